The second-order valence-corrected chi connectivity index (χ2v) is 5.47. The summed E-state index contributed by atoms with van der Waals surface area (Å²) >= 11 is 0. The molecule has 0 spiro atoms. The number of carboxylic acid groups (broad SMARTS) is 1. The molecule has 2 aromatic heterocycles. The van der Waals surface area contributed by atoms with Gasteiger partial charge in [-0.2, -0.15) is 5.10 Å². The summed E-state index contributed by atoms with van der Waals surface area (Å²) in [5.41, 5.74) is 0.641. The molecular formula is C17H18N4O4. The summed E-state index contributed by atoms with van der Waals surface area (Å²) in [5, 5.41) is 13.8. The number of H-pyrrole nitrogens is 1. The lowest BCUT2D eigenvalue weighted by atomic mass is 10.1. The van der Waals surface area contributed by atoms with Gasteiger partial charge in [0.25, 0.3) is 5.56 Å². The first-order chi connectivity index (χ1) is 12.0. The Kier molecular flexibility index (Phi) is 4.51. The van der Waals surface area contributed by atoms with Crippen molar-refractivity contribution >= 4 is 17.0 Å². The number of aromatic nitrogens is 4. The van der Waals surface area contributed by atoms with E-state index >= 15 is 0 Å². The third-order valence-electron chi connectivity index (χ3n) is 3.72. The molecular weight excluding hydrogens is 324 g/mol. The molecule has 1 aromatic carbocycles. The Labute approximate surface area is 143 Å². The topological polar surface area (TPSA) is 110 Å². The van der Waals surface area contributed by atoms with Gasteiger partial charge in [0, 0.05) is 6.54 Å². The quantitative estimate of drug-likeness (QED) is 0.711. The summed E-state index contributed by atoms with van der Waals surface area (Å²) in [4.78, 5) is 30.9. The zero-order chi connectivity index (χ0) is 18.0. The van der Waals surface area contributed by atoms with E-state index in [-0.39, 0.29) is 16.9 Å². The summed E-state index contributed by atoms with van der Waals surface area (Å²) < 4.78 is 7.22. The third kappa shape index (κ3) is 3.10. The average Bonchev–Trinajstić information content (AvgIpc) is 2.99. The number of aryl methyl sites for hydroxylation is 1. The van der Waals surface area contributed by atoms with Gasteiger partial charge in [0.1, 0.15) is 17.0 Å². The number of hydrogen-bond acceptors (Lipinski definition) is 5. The molecule has 0 amide bonds. The first kappa shape index (κ1) is 16.7. The van der Waals surface area contributed by atoms with Crippen LogP contribution in [0.3, 0.4) is 0 Å². The van der Waals surface area contributed by atoms with Crippen molar-refractivity contribution in [3.8, 4) is 17.1 Å². The molecule has 0 aliphatic rings. The first-order valence-electron chi connectivity index (χ1n) is 8.01. The van der Waals surface area contributed by atoms with Crippen molar-refractivity contribution in [2.24, 2.45) is 0 Å². The van der Waals surface area contributed by atoms with Gasteiger partial charge in [-0.15, -0.1) is 0 Å². The maximum Gasteiger partial charge on any atom is 0.335 e. The van der Waals surface area contributed by atoms with Crippen LogP contribution >= 0.6 is 0 Å². The lowest BCUT2D eigenvalue weighted by Crippen LogP contribution is -2.11. The van der Waals surface area contributed by atoms with Crippen LogP contribution in [0.2, 0.25) is 0 Å². The van der Waals surface area contributed by atoms with Crippen LogP contribution in [0, 0.1) is 0 Å². The van der Waals surface area contributed by atoms with E-state index < -0.39 is 5.97 Å². The van der Waals surface area contributed by atoms with E-state index in [1.807, 2.05) is 13.8 Å². The number of carbonyl (C=O) groups is 1. The average molecular weight is 342 g/mol. The third-order valence-corrected chi connectivity index (χ3v) is 3.72. The van der Waals surface area contributed by atoms with Crippen molar-refractivity contribution < 1.29 is 14.6 Å². The van der Waals surface area contributed by atoms with Gasteiger partial charge >= 0.3 is 5.97 Å². The van der Waals surface area contributed by atoms with Gasteiger partial charge < -0.3 is 14.8 Å². The van der Waals surface area contributed by atoms with E-state index in [9.17, 15) is 14.7 Å². The molecule has 0 bridgehead atoms. The molecule has 2 heterocycles. The fourth-order valence-electron chi connectivity index (χ4n) is 2.60. The van der Waals surface area contributed by atoms with Gasteiger partial charge in [-0.25, -0.2) is 14.5 Å². The zero-order valence-corrected chi connectivity index (χ0v) is 13.9. The molecule has 3 rings (SSSR count). The van der Waals surface area contributed by atoms with Crippen LogP contribution in [0.5, 0.6) is 5.75 Å². The van der Waals surface area contributed by atoms with Crippen molar-refractivity contribution in [3.05, 3.63) is 40.3 Å². The number of rotatable bonds is 6. The predicted octanol–water partition coefficient (Wildman–Crippen LogP) is 2.29. The van der Waals surface area contributed by atoms with E-state index in [0.717, 1.165) is 6.42 Å². The van der Waals surface area contributed by atoms with Gasteiger partial charge in [-0.1, -0.05) is 6.92 Å². The number of nitrogens with zero attached hydrogens (tertiary/aromatic N) is 3. The molecule has 130 valence electrons. The molecule has 0 aliphatic carbocycles. The molecule has 0 atom stereocenters. The number of aromatic carboxylic acids is 1. The summed E-state index contributed by atoms with van der Waals surface area (Å²) in [6, 6.07) is 4.46. The van der Waals surface area contributed by atoms with Crippen LogP contribution in [-0.2, 0) is 6.54 Å². The maximum atomic E-state index is 12.4. The van der Waals surface area contributed by atoms with Crippen molar-refractivity contribution in [2.45, 2.75) is 26.8 Å². The molecule has 8 nitrogen and oxygen atoms in total. The van der Waals surface area contributed by atoms with Gasteiger partial charge in [0.05, 0.1) is 23.9 Å². The van der Waals surface area contributed by atoms with Crippen molar-refractivity contribution in [1.82, 2.24) is 19.7 Å². The number of carboxylic acids is 1. The van der Waals surface area contributed by atoms with Crippen LogP contribution in [0.15, 0.2) is 29.2 Å². The maximum absolute atomic E-state index is 12.4. The number of benzene rings is 1. The minimum atomic E-state index is -1.07. The molecule has 2 N–H and O–H groups in total. The van der Waals surface area contributed by atoms with E-state index in [2.05, 4.69) is 15.1 Å². The van der Waals surface area contributed by atoms with Gasteiger partial charge in [0.15, 0.2) is 5.65 Å². The fraction of sp³-hybridized carbons (Fsp3) is 0.294. The van der Waals surface area contributed by atoms with E-state index in [0.29, 0.717) is 35.5 Å². The zero-order valence-electron chi connectivity index (χ0n) is 13.9. The van der Waals surface area contributed by atoms with Gasteiger partial charge in [0.2, 0.25) is 0 Å². The molecule has 3 aromatic rings. The Balaban J connectivity index is 2.24. The van der Waals surface area contributed by atoms with E-state index in [1.54, 1.807) is 10.7 Å². The highest BCUT2D eigenvalue weighted by Gasteiger charge is 2.16. The molecule has 25 heavy (non-hydrogen) atoms. The van der Waals surface area contributed by atoms with Crippen LogP contribution < -0.4 is 10.3 Å². The Hall–Kier alpha value is -3.16. The summed E-state index contributed by atoms with van der Waals surface area (Å²) in [7, 11) is 0. The van der Waals surface area contributed by atoms with E-state index in [4.69, 9.17) is 4.74 Å². The monoisotopic (exact) mass is 342 g/mol. The lowest BCUT2D eigenvalue weighted by Gasteiger charge is -2.11. The highest BCUT2D eigenvalue weighted by molar-refractivity contribution is 5.90. The summed E-state index contributed by atoms with van der Waals surface area (Å²) in [6.07, 6.45) is 2.33. The van der Waals surface area contributed by atoms with Crippen molar-refractivity contribution in [1.29, 1.82) is 0 Å². The van der Waals surface area contributed by atoms with E-state index in [1.165, 1.54) is 18.3 Å². The predicted molar refractivity (Wildman–Crippen MR) is 92.0 cm³/mol. The Morgan fingerprint density at radius 3 is 2.84 bits per heavy atom. The molecule has 0 saturated heterocycles. The second kappa shape index (κ2) is 6.76. The number of fused-ring (bicyclic) bond motifs is 1. The minimum Gasteiger partial charge on any atom is -0.493 e. The van der Waals surface area contributed by atoms with Crippen molar-refractivity contribution in [2.75, 3.05) is 6.61 Å². The van der Waals surface area contributed by atoms with Crippen LogP contribution in [-0.4, -0.2) is 37.4 Å². The Morgan fingerprint density at radius 1 is 1.36 bits per heavy atom. The van der Waals surface area contributed by atoms with Gasteiger partial charge in [-0.05, 0) is 31.5 Å². The highest BCUT2D eigenvalue weighted by atomic mass is 16.5. The van der Waals surface area contributed by atoms with Crippen molar-refractivity contribution in [3.63, 3.8) is 0 Å². The molecule has 0 fully saturated rings. The molecule has 0 radical (unpaired) electrons. The van der Waals surface area contributed by atoms with Crippen LogP contribution in [0.25, 0.3) is 22.4 Å². The Bertz CT molecular complexity index is 990. The fourth-order valence-corrected chi connectivity index (χ4v) is 2.60. The molecule has 8 heteroatoms. The first-order valence-corrected chi connectivity index (χ1v) is 8.01. The highest BCUT2D eigenvalue weighted by Crippen LogP contribution is 2.29. The Morgan fingerprint density at radius 2 is 2.16 bits per heavy atom. The normalized spacial score (nSPS) is 11.0. The number of aromatic amines is 1. The smallest absolute Gasteiger partial charge is 0.335 e. The minimum absolute atomic E-state index is 0.0864. The number of hydrogen-bond donors (Lipinski definition) is 2. The molecule has 0 unspecified atom stereocenters. The molecule has 0 aliphatic heterocycles. The number of nitrogens with one attached hydrogen (secondary N) is 1. The SMILES string of the molecule is CCCn1ncc2c(=O)[nH]c(-c3cc(C(=O)O)ccc3OCC)nc21. The number of ether oxygens (including phenoxy) is 1. The standard InChI is InChI=1S/C17H18N4O4/c1-3-7-21-15-12(9-18-21)16(22)20-14(19-15)11-8-10(17(23)24)5-6-13(11)25-4-2/h5-6,8-9H,3-4,7H2,1-2H3,(H,23,24)(H,19,20,22). The summed E-state index contributed by atoms with van der Waals surface area (Å²) in [6.45, 7) is 4.86. The molecule has 0 saturated carbocycles. The largest absolute Gasteiger partial charge is 0.493 e. The lowest BCUT2D eigenvalue weighted by molar-refractivity contribution is 0.0697. The second-order valence-electron chi connectivity index (χ2n) is 5.47. The van der Waals surface area contributed by atoms with Gasteiger partial charge in [-0.3, -0.25) is 4.79 Å². The van der Waals surface area contributed by atoms with Crippen LogP contribution in [0.4, 0.5) is 0 Å². The summed E-state index contributed by atoms with van der Waals surface area (Å²) in [5.74, 6) is -0.359. The van der Waals surface area contributed by atoms with Crippen LogP contribution in [0.1, 0.15) is 30.6 Å².